The van der Waals surface area contributed by atoms with Gasteiger partial charge in [-0.15, -0.1) is 0 Å². The van der Waals surface area contributed by atoms with E-state index < -0.39 is 14.9 Å². The molecule has 9 heteroatoms. The Balaban J connectivity index is 3.09. The van der Waals surface area contributed by atoms with E-state index in [0.29, 0.717) is 0 Å². The van der Waals surface area contributed by atoms with Gasteiger partial charge < -0.3 is 5.32 Å². The predicted molar refractivity (Wildman–Crippen MR) is 85.4 cm³/mol. The summed E-state index contributed by atoms with van der Waals surface area (Å²) in [5, 5.41) is 13.6. The van der Waals surface area contributed by atoms with Gasteiger partial charge in [0.05, 0.1) is 9.82 Å². The smallest absolute Gasteiger partial charge is 0.293 e. The van der Waals surface area contributed by atoms with E-state index in [0.717, 1.165) is 6.07 Å². The number of nitrogens with one attached hydrogen (secondary N) is 2. The third-order valence-electron chi connectivity index (χ3n) is 2.99. The molecule has 0 saturated carbocycles. The summed E-state index contributed by atoms with van der Waals surface area (Å²) >= 11 is 1.53. The summed E-state index contributed by atoms with van der Waals surface area (Å²) in [4.78, 5) is 10.2. The second-order valence-corrected chi connectivity index (χ2v) is 8.25. The lowest BCUT2D eigenvalue weighted by Crippen LogP contribution is -2.36. The zero-order chi connectivity index (χ0) is 16.3. The van der Waals surface area contributed by atoms with E-state index >= 15 is 0 Å². The molecule has 7 nitrogen and oxygen atoms in total. The van der Waals surface area contributed by atoms with Gasteiger partial charge in [0.15, 0.2) is 0 Å². The number of nitro benzene ring substituents is 1. The van der Waals surface area contributed by atoms with Gasteiger partial charge in [-0.05, 0) is 32.2 Å². The molecule has 21 heavy (non-hydrogen) atoms. The highest BCUT2D eigenvalue weighted by atomic mass is 32.2. The third-order valence-corrected chi connectivity index (χ3v) is 5.63. The minimum Gasteiger partial charge on any atom is -0.383 e. The molecule has 2 N–H and O–H groups in total. The summed E-state index contributed by atoms with van der Waals surface area (Å²) in [6, 6.07) is 3.78. The summed E-state index contributed by atoms with van der Waals surface area (Å²) < 4.78 is 26.6. The van der Waals surface area contributed by atoms with Gasteiger partial charge in [-0.3, -0.25) is 10.1 Å². The molecule has 0 aliphatic carbocycles. The van der Waals surface area contributed by atoms with Gasteiger partial charge in [0, 0.05) is 24.4 Å². The molecule has 1 rings (SSSR count). The number of nitrogens with zero attached hydrogens (tertiary/aromatic N) is 1. The van der Waals surface area contributed by atoms with Crippen molar-refractivity contribution in [1.82, 2.24) is 4.72 Å². The molecule has 0 fully saturated rings. The standard InChI is InChI=1S/C12H19N3O4S2/c1-12(2,20-4)8-14-21(18,19)9-5-6-10(13-3)11(7-9)15(16)17/h5-7,13-14H,8H2,1-4H3. The second kappa shape index (κ2) is 6.63. The lowest BCUT2D eigenvalue weighted by atomic mass is 10.2. The SMILES string of the molecule is CNc1ccc(S(=O)(=O)NCC(C)(C)SC)cc1[N+](=O)[O-]. The first-order chi connectivity index (χ1) is 9.63. The Morgan fingerprint density at radius 2 is 2.00 bits per heavy atom. The summed E-state index contributed by atoms with van der Waals surface area (Å²) in [7, 11) is -2.24. The molecule has 0 heterocycles. The largest absolute Gasteiger partial charge is 0.383 e. The van der Waals surface area contributed by atoms with Crippen LogP contribution in [0.15, 0.2) is 23.1 Å². The first-order valence-corrected chi connectivity index (χ1v) is 8.85. The van der Waals surface area contributed by atoms with E-state index in [9.17, 15) is 18.5 Å². The molecule has 0 saturated heterocycles. The molecule has 0 aromatic heterocycles. The first-order valence-electron chi connectivity index (χ1n) is 6.14. The Hall–Kier alpha value is -1.32. The van der Waals surface area contributed by atoms with Gasteiger partial charge in [-0.1, -0.05) is 0 Å². The van der Waals surface area contributed by atoms with Crippen LogP contribution in [0.25, 0.3) is 0 Å². The highest BCUT2D eigenvalue weighted by Crippen LogP contribution is 2.27. The topological polar surface area (TPSA) is 101 Å². The quantitative estimate of drug-likeness (QED) is 0.585. The monoisotopic (exact) mass is 333 g/mol. The van der Waals surface area contributed by atoms with E-state index in [1.54, 1.807) is 0 Å². The highest BCUT2D eigenvalue weighted by molar-refractivity contribution is 8.00. The molecule has 0 bridgehead atoms. The van der Waals surface area contributed by atoms with Crippen LogP contribution in [-0.4, -0.2) is 37.9 Å². The molecule has 0 amide bonds. The van der Waals surface area contributed by atoms with Crippen LogP contribution < -0.4 is 10.0 Å². The molecule has 0 spiro atoms. The van der Waals surface area contributed by atoms with Crippen LogP contribution in [0.2, 0.25) is 0 Å². The van der Waals surface area contributed by atoms with E-state index in [-0.39, 0.29) is 27.6 Å². The number of thioether (sulfide) groups is 1. The molecule has 118 valence electrons. The van der Waals surface area contributed by atoms with Crippen molar-refractivity contribution in [3.05, 3.63) is 28.3 Å². The molecule has 0 radical (unpaired) electrons. The van der Waals surface area contributed by atoms with Crippen molar-refractivity contribution in [2.75, 3.05) is 25.2 Å². The molecular formula is C12H19N3O4S2. The number of anilines is 1. The van der Waals surface area contributed by atoms with Crippen LogP contribution in [0.3, 0.4) is 0 Å². The van der Waals surface area contributed by atoms with Crippen molar-refractivity contribution in [3.8, 4) is 0 Å². The number of nitro groups is 1. The van der Waals surface area contributed by atoms with Crippen LogP contribution in [-0.2, 0) is 10.0 Å². The molecule has 1 aromatic rings. The van der Waals surface area contributed by atoms with E-state index in [1.165, 1.54) is 30.9 Å². The maximum absolute atomic E-state index is 12.2. The average Bonchev–Trinajstić information content (AvgIpc) is 2.44. The van der Waals surface area contributed by atoms with Gasteiger partial charge in [0.2, 0.25) is 10.0 Å². The molecule has 0 aliphatic rings. The third kappa shape index (κ3) is 4.58. The maximum Gasteiger partial charge on any atom is 0.293 e. The second-order valence-electron chi connectivity index (χ2n) is 4.97. The van der Waals surface area contributed by atoms with Gasteiger partial charge >= 0.3 is 0 Å². The van der Waals surface area contributed by atoms with E-state index in [2.05, 4.69) is 10.0 Å². The Morgan fingerprint density at radius 3 is 2.48 bits per heavy atom. The van der Waals surface area contributed by atoms with Crippen molar-refractivity contribution in [1.29, 1.82) is 0 Å². The number of hydrogen-bond acceptors (Lipinski definition) is 6. The fourth-order valence-corrected chi connectivity index (χ4v) is 3.00. The summed E-state index contributed by atoms with van der Waals surface area (Å²) in [5.41, 5.74) is -0.00658. The minimum absolute atomic E-state index is 0.120. The van der Waals surface area contributed by atoms with Crippen molar-refractivity contribution >= 4 is 33.2 Å². The highest BCUT2D eigenvalue weighted by Gasteiger charge is 2.24. The summed E-state index contributed by atoms with van der Waals surface area (Å²) in [6.45, 7) is 4.05. The number of sulfonamides is 1. The van der Waals surface area contributed by atoms with Crippen molar-refractivity contribution in [3.63, 3.8) is 0 Å². The van der Waals surface area contributed by atoms with Gasteiger partial charge in [0.25, 0.3) is 5.69 Å². The minimum atomic E-state index is -3.78. The molecule has 0 aliphatic heterocycles. The molecule has 0 unspecified atom stereocenters. The average molecular weight is 333 g/mol. The van der Waals surface area contributed by atoms with E-state index in [1.807, 2.05) is 20.1 Å². The van der Waals surface area contributed by atoms with Crippen LogP contribution >= 0.6 is 11.8 Å². The predicted octanol–water partition coefficient (Wildman–Crippen LogP) is 2.06. The number of hydrogen-bond donors (Lipinski definition) is 2. The zero-order valence-corrected chi connectivity index (χ0v) is 14.0. The first kappa shape index (κ1) is 17.7. The Bertz CT molecular complexity index is 629. The van der Waals surface area contributed by atoms with Gasteiger partial charge in [0.1, 0.15) is 5.69 Å². The summed E-state index contributed by atoms with van der Waals surface area (Å²) in [5.74, 6) is 0. The number of benzene rings is 1. The number of rotatable bonds is 7. The van der Waals surface area contributed by atoms with Gasteiger partial charge in [-0.2, -0.15) is 11.8 Å². The molecular weight excluding hydrogens is 314 g/mol. The van der Waals surface area contributed by atoms with Crippen LogP contribution in [0.5, 0.6) is 0 Å². The normalized spacial score (nSPS) is 12.2. The Kier molecular flexibility index (Phi) is 5.60. The summed E-state index contributed by atoms with van der Waals surface area (Å²) in [6.07, 6.45) is 1.89. The van der Waals surface area contributed by atoms with Crippen molar-refractivity contribution in [2.45, 2.75) is 23.5 Å². The van der Waals surface area contributed by atoms with Crippen molar-refractivity contribution < 1.29 is 13.3 Å². The van der Waals surface area contributed by atoms with Crippen LogP contribution in [0.1, 0.15) is 13.8 Å². The fraction of sp³-hybridized carbons (Fsp3) is 0.500. The fourth-order valence-electron chi connectivity index (χ4n) is 1.47. The molecule has 0 atom stereocenters. The Morgan fingerprint density at radius 1 is 1.38 bits per heavy atom. The van der Waals surface area contributed by atoms with Crippen molar-refractivity contribution in [2.24, 2.45) is 0 Å². The van der Waals surface area contributed by atoms with Gasteiger partial charge in [-0.25, -0.2) is 13.1 Å². The van der Waals surface area contributed by atoms with Crippen LogP contribution in [0.4, 0.5) is 11.4 Å². The van der Waals surface area contributed by atoms with E-state index in [4.69, 9.17) is 0 Å². The van der Waals surface area contributed by atoms with Crippen LogP contribution in [0, 0.1) is 10.1 Å². The Labute approximate surface area is 128 Å². The lowest BCUT2D eigenvalue weighted by molar-refractivity contribution is -0.384. The zero-order valence-electron chi connectivity index (χ0n) is 12.3. The molecule has 1 aromatic carbocycles. The maximum atomic E-state index is 12.2. The lowest BCUT2D eigenvalue weighted by Gasteiger charge is -2.22.